The highest BCUT2D eigenvalue weighted by molar-refractivity contribution is 6.77. The zero-order valence-electron chi connectivity index (χ0n) is 15.1. The molecule has 0 aliphatic carbocycles. The molecule has 0 spiro atoms. The standard InChI is InChI=1S/C17H36O2Si/c1-10-15(8)17(16(9)11-18)19-20(12(2)3,13(4)5)14(6)7/h11-17H,10H2,1-9H3/t15-,16+,17-/m1/s1. The number of carbonyl (C=O) groups excluding carboxylic acids is 1. The van der Waals surface area contributed by atoms with Crippen LogP contribution in [0.4, 0.5) is 0 Å². The van der Waals surface area contributed by atoms with Crippen molar-refractivity contribution in [1.82, 2.24) is 0 Å². The number of hydrogen-bond acceptors (Lipinski definition) is 2. The molecule has 0 aliphatic rings. The SMILES string of the molecule is CC[C@@H](C)[C@@H](O[Si](C(C)C)(C(C)C)C(C)C)[C@@H](C)C=O. The van der Waals surface area contributed by atoms with E-state index in [0.29, 0.717) is 22.5 Å². The number of carbonyl (C=O) groups is 1. The van der Waals surface area contributed by atoms with Gasteiger partial charge in [0.2, 0.25) is 8.32 Å². The molecule has 2 nitrogen and oxygen atoms in total. The lowest BCUT2D eigenvalue weighted by atomic mass is 9.93. The van der Waals surface area contributed by atoms with Crippen LogP contribution >= 0.6 is 0 Å². The monoisotopic (exact) mass is 300 g/mol. The van der Waals surface area contributed by atoms with Crippen LogP contribution in [0.2, 0.25) is 16.6 Å². The average Bonchev–Trinajstić information content (AvgIpc) is 2.37. The number of rotatable bonds is 9. The molecule has 0 aromatic carbocycles. The third-order valence-electron chi connectivity index (χ3n) is 4.98. The van der Waals surface area contributed by atoms with Gasteiger partial charge in [-0.1, -0.05) is 68.7 Å². The van der Waals surface area contributed by atoms with Gasteiger partial charge < -0.3 is 9.22 Å². The summed E-state index contributed by atoms with van der Waals surface area (Å²) in [5.74, 6) is 0.409. The molecule has 0 aromatic heterocycles. The molecule has 0 bridgehead atoms. The fourth-order valence-electron chi connectivity index (χ4n) is 3.70. The van der Waals surface area contributed by atoms with E-state index in [2.05, 4.69) is 55.4 Å². The number of hydrogen-bond donors (Lipinski definition) is 0. The van der Waals surface area contributed by atoms with Gasteiger partial charge in [0.05, 0.1) is 6.10 Å². The van der Waals surface area contributed by atoms with Gasteiger partial charge in [0, 0.05) is 5.92 Å². The first kappa shape index (κ1) is 19.8. The predicted octanol–water partition coefficient (Wildman–Crippen LogP) is 5.43. The van der Waals surface area contributed by atoms with Gasteiger partial charge >= 0.3 is 0 Å². The molecular formula is C17H36O2Si. The van der Waals surface area contributed by atoms with Crippen molar-refractivity contribution < 1.29 is 9.22 Å². The largest absolute Gasteiger partial charge is 0.412 e. The molecule has 0 saturated heterocycles. The van der Waals surface area contributed by atoms with Crippen LogP contribution in [0.25, 0.3) is 0 Å². The molecule has 0 rings (SSSR count). The topological polar surface area (TPSA) is 26.3 Å². The molecule has 120 valence electrons. The highest BCUT2D eigenvalue weighted by Crippen LogP contribution is 2.44. The lowest BCUT2D eigenvalue weighted by Crippen LogP contribution is -2.52. The van der Waals surface area contributed by atoms with Gasteiger partial charge in [-0.15, -0.1) is 0 Å². The summed E-state index contributed by atoms with van der Waals surface area (Å²) in [5.41, 5.74) is 1.69. The maximum absolute atomic E-state index is 11.3. The van der Waals surface area contributed by atoms with E-state index >= 15 is 0 Å². The van der Waals surface area contributed by atoms with Crippen LogP contribution in [-0.2, 0) is 9.22 Å². The summed E-state index contributed by atoms with van der Waals surface area (Å²) in [5, 5.41) is 0. The Bertz CT molecular complexity index is 265. The molecule has 0 N–H and O–H groups in total. The van der Waals surface area contributed by atoms with Crippen molar-refractivity contribution >= 4 is 14.6 Å². The highest BCUT2D eigenvalue weighted by Gasteiger charge is 2.47. The van der Waals surface area contributed by atoms with Crippen molar-refractivity contribution in [2.45, 2.75) is 91.5 Å². The van der Waals surface area contributed by atoms with Crippen molar-refractivity contribution in [2.24, 2.45) is 11.8 Å². The molecule has 0 saturated carbocycles. The van der Waals surface area contributed by atoms with E-state index < -0.39 is 8.32 Å². The van der Waals surface area contributed by atoms with Crippen LogP contribution in [0, 0.1) is 11.8 Å². The summed E-state index contributed by atoms with van der Waals surface area (Å²) >= 11 is 0. The van der Waals surface area contributed by atoms with Crippen LogP contribution in [0.5, 0.6) is 0 Å². The van der Waals surface area contributed by atoms with Gasteiger partial charge in [-0.25, -0.2) is 0 Å². The molecular weight excluding hydrogens is 264 g/mol. The van der Waals surface area contributed by atoms with Crippen LogP contribution in [0.3, 0.4) is 0 Å². The Hall–Kier alpha value is -0.153. The molecule has 20 heavy (non-hydrogen) atoms. The molecule has 0 fully saturated rings. The van der Waals surface area contributed by atoms with Gasteiger partial charge in [0.1, 0.15) is 6.29 Å². The Morgan fingerprint density at radius 2 is 1.30 bits per heavy atom. The minimum absolute atomic E-state index is 0.0203. The van der Waals surface area contributed by atoms with Crippen LogP contribution in [-0.4, -0.2) is 20.7 Å². The van der Waals surface area contributed by atoms with Crippen molar-refractivity contribution in [3.05, 3.63) is 0 Å². The smallest absolute Gasteiger partial charge is 0.200 e. The van der Waals surface area contributed by atoms with Gasteiger partial charge in [-0.3, -0.25) is 0 Å². The fourth-order valence-corrected chi connectivity index (χ4v) is 9.43. The van der Waals surface area contributed by atoms with Crippen molar-refractivity contribution in [1.29, 1.82) is 0 Å². The first-order valence-corrected chi connectivity index (χ1v) is 10.4. The first-order valence-electron chi connectivity index (χ1n) is 8.28. The minimum Gasteiger partial charge on any atom is -0.412 e. The Kier molecular flexibility index (Phi) is 8.26. The van der Waals surface area contributed by atoms with Crippen molar-refractivity contribution in [3.63, 3.8) is 0 Å². The molecule has 0 heterocycles. The molecule has 0 aromatic rings. The van der Waals surface area contributed by atoms with Crippen LogP contribution in [0.15, 0.2) is 0 Å². The lowest BCUT2D eigenvalue weighted by Gasteiger charge is -2.46. The molecule has 3 heteroatoms. The summed E-state index contributed by atoms with van der Waals surface area (Å²) in [4.78, 5) is 11.3. The summed E-state index contributed by atoms with van der Waals surface area (Å²) in [6, 6.07) is 0. The third-order valence-corrected chi connectivity index (χ3v) is 11.1. The maximum Gasteiger partial charge on any atom is 0.200 e. The zero-order valence-corrected chi connectivity index (χ0v) is 16.1. The summed E-state index contributed by atoms with van der Waals surface area (Å²) < 4.78 is 6.84. The molecule has 0 unspecified atom stereocenters. The van der Waals surface area contributed by atoms with Crippen LogP contribution < -0.4 is 0 Å². The predicted molar refractivity (Wildman–Crippen MR) is 90.6 cm³/mol. The van der Waals surface area contributed by atoms with Gasteiger partial charge in [0.25, 0.3) is 0 Å². The van der Waals surface area contributed by atoms with Crippen LogP contribution in [0.1, 0.15) is 68.7 Å². The summed E-state index contributed by atoms with van der Waals surface area (Å²) in [6.07, 6.45) is 2.19. The maximum atomic E-state index is 11.3. The second kappa shape index (κ2) is 8.33. The van der Waals surface area contributed by atoms with E-state index in [1.165, 1.54) is 0 Å². The minimum atomic E-state index is -1.91. The fraction of sp³-hybridized carbons (Fsp3) is 0.941. The van der Waals surface area contributed by atoms with E-state index in [0.717, 1.165) is 12.7 Å². The van der Waals surface area contributed by atoms with Crippen molar-refractivity contribution in [3.8, 4) is 0 Å². The Morgan fingerprint density at radius 3 is 1.55 bits per heavy atom. The molecule has 0 amide bonds. The Labute approximate surface area is 127 Å². The van der Waals surface area contributed by atoms with E-state index in [9.17, 15) is 4.79 Å². The number of aldehydes is 1. The molecule has 0 radical (unpaired) electrons. The quantitative estimate of drug-likeness (QED) is 0.419. The summed E-state index contributed by atoms with van der Waals surface area (Å²) in [7, 11) is -1.91. The van der Waals surface area contributed by atoms with E-state index in [-0.39, 0.29) is 12.0 Å². The zero-order chi connectivity index (χ0) is 16.1. The van der Waals surface area contributed by atoms with Gasteiger partial charge in [0.15, 0.2) is 0 Å². The normalized spacial score (nSPS) is 17.6. The van der Waals surface area contributed by atoms with Gasteiger partial charge in [-0.05, 0) is 22.5 Å². The van der Waals surface area contributed by atoms with E-state index in [4.69, 9.17) is 4.43 Å². The van der Waals surface area contributed by atoms with E-state index in [1.54, 1.807) is 0 Å². The summed E-state index contributed by atoms with van der Waals surface area (Å²) in [6.45, 7) is 20.2. The average molecular weight is 301 g/mol. The van der Waals surface area contributed by atoms with Gasteiger partial charge in [-0.2, -0.15) is 0 Å². The second-order valence-electron chi connectivity index (χ2n) is 7.28. The van der Waals surface area contributed by atoms with E-state index in [1.807, 2.05) is 6.92 Å². The lowest BCUT2D eigenvalue weighted by molar-refractivity contribution is -0.114. The molecule has 3 atom stereocenters. The Balaban J connectivity index is 5.53. The van der Waals surface area contributed by atoms with Crippen molar-refractivity contribution in [2.75, 3.05) is 0 Å². The molecule has 0 aliphatic heterocycles. The first-order chi connectivity index (χ1) is 9.14. The highest BCUT2D eigenvalue weighted by atomic mass is 28.4. The third kappa shape index (κ3) is 4.17. The second-order valence-corrected chi connectivity index (χ2v) is 12.7. The Morgan fingerprint density at radius 1 is 0.900 bits per heavy atom.